The van der Waals surface area contributed by atoms with E-state index in [1.54, 1.807) is 0 Å². The second kappa shape index (κ2) is 8.06. The fourth-order valence-electron chi connectivity index (χ4n) is 2.01. The van der Waals surface area contributed by atoms with E-state index in [1.807, 2.05) is 0 Å². The van der Waals surface area contributed by atoms with Crippen LogP contribution in [0.3, 0.4) is 0 Å². The summed E-state index contributed by atoms with van der Waals surface area (Å²) in [4.78, 5) is 34.4. The third-order valence-corrected chi connectivity index (χ3v) is 3.38. The molecule has 1 amide bonds. The molecule has 0 aliphatic carbocycles. The Balaban J connectivity index is 2.09. The number of carbonyl (C=O) groups excluding carboxylic acids is 2. The number of carbonyl (C=O) groups is 2. The minimum atomic E-state index is -1.20. The fourth-order valence-corrected chi connectivity index (χ4v) is 2.01. The van der Waals surface area contributed by atoms with Gasteiger partial charge in [-0.25, -0.2) is 9.18 Å². The van der Waals surface area contributed by atoms with Gasteiger partial charge in [0.05, 0.1) is 23.3 Å². The van der Waals surface area contributed by atoms with Crippen LogP contribution >= 0.6 is 0 Å². The molecule has 0 aliphatic heterocycles. The number of nitrogens with one attached hydrogen (secondary N) is 1. The molecule has 9 heteroatoms. The van der Waals surface area contributed by atoms with Gasteiger partial charge < -0.3 is 14.8 Å². The van der Waals surface area contributed by atoms with Crippen molar-refractivity contribution in [1.29, 1.82) is 0 Å². The molecule has 0 aromatic heterocycles. The second-order valence-electron chi connectivity index (χ2n) is 5.19. The fraction of sp³-hybridized carbons (Fsp3) is 0.176. The molecule has 136 valence electrons. The number of non-ortho nitro benzene ring substituents is 1. The van der Waals surface area contributed by atoms with Crippen molar-refractivity contribution in [3.63, 3.8) is 0 Å². The SMILES string of the molecule is COc1ccc([N+](=O)[O-])cc1NC(=O)C(C)OC(=O)c1ccc(F)cc1. The maximum Gasteiger partial charge on any atom is 0.338 e. The van der Waals surface area contributed by atoms with Crippen molar-refractivity contribution in [2.45, 2.75) is 13.0 Å². The van der Waals surface area contributed by atoms with Crippen molar-refractivity contribution in [2.24, 2.45) is 0 Å². The first-order valence-corrected chi connectivity index (χ1v) is 7.41. The minimum absolute atomic E-state index is 0.0661. The van der Waals surface area contributed by atoms with Gasteiger partial charge in [-0.1, -0.05) is 0 Å². The van der Waals surface area contributed by atoms with Gasteiger partial charge in [0.25, 0.3) is 11.6 Å². The zero-order valence-electron chi connectivity index (χ0n) is 13.9. The summed E-state index contributed by atoms with van der Waals surface area (Å²) in [5.74, 6) is -1.82. The van der Waals surface area contributed by atoms with Crippen LogP contribution in [-0.4, -0.2) is 30.0 Å². The molecule has 0 aliphatic rings. The van der Waals surface area contributed by atoms with Gasteiger partial charge in [-0.05, 0) is 37.3 Å². The number of amides is 1. The summed E-state index contributed by atoms with van der Waals surface area (Å²) in [6.45, 7) is 1.33. The molecule has 2 rings (SSSR count). The number of ether oxygens (including phenoxy) is 2. The smallest absolute Gasteiger partial charge is 0.338 e. The van der Waals surface area contributed by atoms with Crippen molar-refractivity contribution in [1.82, 2.24) is 0 Å². The predicted molar refractivity (Wildman–Crippen MR) is 89.6 cm³/mol. The Morgan fingerprint density at radius 3 is 2.42 bits per heavy atom. The molecule has 26 heavy (non-hydrogen) atoms. The molecule has 1 unspecified atom stereocenters. The summed E-state index contributed by atoms with van der Waals surface area (Å²) in [7, 11) is 1.34. The number of hydrogen-bond donors (Lipinski definition) is 1. The number of hydrogen-bond acceptors (Lipinski definition) is 6. The van der Waals surface area contributed by atoms with E-state index < -0.39 is 28.7 Å². The molecule has 0 saturated carbocycles. The third-order valence-electron chi connectivity index (χ3n) is 3.38. The summed E-state index contributed by atoms with van der Waals surface area (Å²) in [6.07, 6.45) is -1.20. The molecular formula is C17H15FN2O6. The van der Waals surface area contributed by atoms with Crippen LogP contribution in [0, 0.1) is 15.9 Å². The van der Waals surface area contributed by atoms with Crippen LogP contribution in [0.4, 0.5) is 15.8 Å². The van der Waals surface area contributed by atoms with Crippen LogP contribution < -0.4 is 10.1 Å². The highest BCUT2D eigenvalue weighted by molar-refractivity contribution is 5.98. The zero-order chi connectivity index (χ0) is 19.3. The van der Waals surface area contributed by atoms with Crippen molar-refractivity contribution in [2.75, 3.05) is 12.4 Å². The number of rotatable bonds is 6. The average Bonchev–Trinajstić information content (AvgIpc) is 2.61. The van der Waals surface area contributed by atoms with Crippen molar-refractivity contribution in [3.05, 3.63) is 64.0 Å². The normalized spacial score (nSPS) is 11.3. The Labute approximate surface area is 147 Å². The number of halogens is 1. The van der Waals surface area contributed by atoms with Crippen LogP contribution in [0.2, 0.25) is 0 Å². The maximum atomic E-state index is 12.9. The molecular weight excluding hydrogens is 347 g/mol. The van der Waals surface area contributed by atoms with Gasteiger partial charge in [0.1, 0.15) is 11.6 Å². The highest BCUT2D eigenvalue weighted by Crippen LogP contribution is 2.29. The number of benzene rings is 2. The predicted octanol–water partition coefficient (Wildman–Crippen LogP) is 2.93. The van der Waals surface area contributed by atoms with E-state index in [-0.39, 0.29) is 22.7 Å². The third kappa shape index (κ3) is 4.53. The van der Waals surface area contributed by atoms with Crippen LogP contribution in [0.1, 0.15) is 17.3 Å². The highest BCUT2D eigenvalue weighted by Gasteiger charge is 2.21. The topological polar surface area (TPSA) is 108 Å². The summed E-state index contributed by atoms with van der Waals surface area (Å²) in [5.41, 5.74) is -0.0904. The Kier molecular flexibility index (Phi) is 5.84. The van der Waals surface area contributed by atoms with E-state index in [4.69, 9.17) is 9.47 Å². The lowest BCUT2D eigenvalue weighted by Gasteiger charge is -2.15. The van der Waals surface area contributed by atoms with E-state index in [0.717, 1.165) is 18.2 Å². The number of anilines is 1. The molecule has 0 spiro atoms. The largest absolute Gasteiger partial charge is 0.495 e. The lowest BCUT2D eigenvalue weighted by molar-refractivity contribution is -0.384. The molecule has 1 atom stereocenters. The zero-order valence-corrected chi connectivity index (χ0v) is 13.9. The van der Waals surface area contributed by atoms with E-state index in [9.17, 15) is 24.1 Å². The van der Waals surface area contributed by atoms with Crippen molar-refractivity contribution < 1.29 is 28.4 Å². The molecule has 0 fully saturated rings. The van der Waals surface area contributed by atoms with E-state index in [0.29, 0.717) is 0 Å². The Bertz CT molecular complexity index is 838. The van der Waals surface area contributed by atoms with E-state index in [1.165, 1.54) is 38.3 Å². The number of esters is 1. The monoisotopic (exact) mass is 362 g/mol. The molecule has 2 aromatic rings. The molecule has 0 saturated heterocycles. The molecule has 0 bridgehead atoms. The number of nitro groups is 1. The standard InChI is InChI=1S/C17H15FN2O6/c1-10(26-17(22)11-3-5-12(18)6-4-11)16(21)19-14-9-13(20(23)24)7-8-15(14)25-2/h3-10H,1-2H3,(H,19,21). The molecule has 2 aromatic carbocycles. The summed E-state index contributed by atoms with van der Waals surface area (Å²) >= 11 is 0. The van der Waals surface area contributed by atoms with E-state index in [2.05, 4.69) is 5.32 Å². The Hall–Kier alpha value is -3.49. The van der Waals surface area contributed by atoms with Gasteiger partial charge >= 0.3 is 5.97 Å². The van der Waals surface area contributed by atoms with Gasteiger partial charge in [0.15, 0.2) is 6.10 Å². The molecule has 8 nitrogen and oxygen atoms in total. The number of nitro benzene ring substituents is 1. The van der Waals surface area contributed by atoms with E-state index >= 15 is 0 Å². The molecule has 0 heterocycles. The first kappa shape index (κ1) is 18.8. The van der Waals surface area contributed by atoms with Gasteiger partial charge in [-0.15, -0.1) is 0 Å². The first-order valence-electron chi connectivity index (χ1n) is 7.41. The molecule has 0 radical (unpaired) electrons. The summed E-state index contributed by atoms with van der Waals surface area (Å²) in [5, 5.41) is 13.3. The summed E-state index contributed by atoms with van der Waals surface area (Å²) in [6, 6.07) is 8.34. The highest BCUT2D eigenvalue weighted by atomic mass is 19.1. The first-order chi connectivity index (χ1) is 12.3. The Morgan fingerprint density at radius 2 is 1.85 bits per heavy atom. The van der Waals surface area contributed by atoms with Gasteiger partial charge in [-0.3, -0.25) is 14.9 Å². The maximum absolute atomic E-state index is 12.9. The number of nitrogens with zero attached hydrogens (tertiary/aromatic N) is 1. The number of methoxy groups -OCH3 is 1. The van der Waals surface area contributed by atoms with Gasteiger partial charge in [0, 0.05) is 12.1 Å². The van der Waals surface area contributed by atoms with Gasteiger partial charge in [0.2, 0.25) is 0 Å². The average molecular weight is 362 g/mol. The van der Waals surface area contributed by atoms with Crippen LogP contribution in [0.25, 0.3) is 0 Å². The van der Waals surface area contributed by atoms with Crippen LogP contribution in [0.5, 0.6) is 5.75 Å². The van der Waals surface area contributed by atoms with Gasteiger partial charge in [-0.2, -0.15) is 0 Å². The van der Waals surface area contributed by atoms with Crippen LogP contribution in [0.15, 0.2) is 42.5 Å². The summed E-state index contributed by atoms with van der Waals surface area (Å²) < 4.78 is 22.9. The van der Waals surface area contributed by atoms with Crippen LogP contribution in [-0.2, 0) is 9.53 Å². The van der Waals surface area contributed by atoms with Crippen molar-refractivity contribution in [3.8, 4) is 5.75 Å². The lowest BCUT2D eigenvalue weighted by atomic mass is 10.2. The van der Waals surface area contributed by atoms with Crippen molar-refractivity contribution >= 4 is 23.3 Å². The quantitative estimate of drug-likeness (QED) is 0.481. The molecule has 1 N–H and O–H groups in total. The Morgan fingerprint density at radius 1 is 1.19 bits per heavy atom. The lowest BCUT2D eigenvalue weighted by Crippen LogP contribution is -2.30. The minimum Gasteiger partial charge on any atom is -0.495 e. The second-order valence-corrected chi connectivity index (χ2v) is 5.19.